The predicted molar refractivity (Wildman–Crippen MR) is 150 cm³/mol. The summed E-state index contributed by atoms with van der Waals surface area (Å²) in [6.07, 6.45) is 9.89. The van der Waals surface area contributed by atoms with Crippen LogP contribution in [-0.4, -0.2) is 67.4 Å². The van der Waals surface area contributed by atoms with Gasteiger partial charge in [0, 0.05) is 18.7 Å². The van der Waals surface area contributed by atoms with Gasteiger partial charge in [-0.3, -0.25) is 9.59 Å². The van der Waals surface area contributed by atoms with E-state index in [0.29, 0.717) is 37.5 Å². The summed E-state index contributed by atoms with van der Waals surface area (Å²) in [5.74, 6) is 1.08. The Morgan fingerprint density at radius 3 is 2.03 bits per heavy atom. The Bertz CT molecular complexity index is 637. The highest BCUT2D eigenvalue weighted by molar-refractivity contribution is 7.48. The zero-order chi connectivity index (χ0) is 28.2. The summed E-state index contributed by atoms with van der Waals surface area (Å²) < 4.78 is 16.2. The highest BCUT2D eigenvalue weighted by Crippen LogP contribution is 2.59. The first kappa shape index (κ1) is 35.3. The number of nitrogens with zero attached hydrogens (tertiary/aromatic N) is 1. The third-order valence-electron chi connectivity index (χ3n) is 5.55. The number of amides is 3. The van der Waals surface area contributed by atoms with Gasteiger partial charge in [0.15, 0.2) is 8.38 Å². The molecule has 0 aromatic carbocycles. The van der Waals surface area contributed by atoms with Crippen molar-refractivity contribution in [2.45, 2.75) is 104 Å². The average molecular weight is 546 g/mol. The number of carbonyl (C=O) groups excluding carboxylic acids is 3. The Morgan fingerprint density at radius 1 is 1.08 bits per heavy atom. The molecule has 37 heavy (non-hydrogen) atoms. The van der Waals surface area contributed by atoms with Gasteiger partial charge in [-0.2, -0.15) is 0 Å². The molecule has 3 fully saturated rings. The minimum Gasteiger partial charge on any atom is -0.446 e. The summed E-state index contributed by atoms with van der Waals surface area (Å²) in [7, 11) is -0.625. The maximum absolute atomic E-state index is 10.9. The quantitative estimate of drug-likeness (QED) is 0.216. The van der Waals surface area contributed by atoms with Gasteiger partial charge in [0.05, 0.1) is 13.2 Å². The topological polar surface area (TPSA) is 120 Å². The monoisotopic (exact) mass is 545 g/mol. The second kappa shape index (κ2) is 21.3. The Kier molecular flexibility index (Phi) is 20.3. The average Bonchev–Trinajstić information content (AvgIpc) is 3.19. The summed E-state index contributed by atoms with van der Waals surface area (Å²) in [4.78, 5) is 33.1. The molecular formula is C27H52N3O6P. The number of rotatable bonds is 10. The fraction of sp³-hybridized carbons (Fsp3) is 0.815. The molecule has 9 nitrogen and oxygen atoms in total. The Labute approximate surface area is 226 Å². The lowest BCUT2D eigenvalue weighted by Crippen LogP contribution is -2.39. The molecule has 3 N–H and O–H groups in total. The van der Waals surface area contributed by atoms with Crippen molar-refractivity contribution in [2.24, 2.45) is 17.6 Å². The van der Waals surface area contributed by atoms with E-state index in [1.807, 2.05) is 26.8 Å². The molecule has 0 spiro atoms. The number of likely N-dealkylation sites (tertiary alicyclic amines) is 1. The fourth-order valence-electron chi connectivity index (χ4n) is 3.74. The van der Waals surface area contributed by atoms with Gasteiger partial charge < -0.3 is 29.7 Å². The number of nitrogens with one attached hydrogen (secondary N) is 1. The van der Waals surface area contributed by atoms with Crippen molar-refractivity contribution >= 4 is 26.8 Å². The highest BCUT2D eigenvalue weighted by atomic mass is 31.2. The van der Waals surface area contributed by atoms with Crippen LogP contribution in [0.1, 0.15) is 86.5 Å². The minimum atomic E-state index is -0.625. The lowest BCUT2D eigenvalue weighted by atomic mass is 10.2. The number of alkyl carbamates (subject to hydrolysis) is 1. The first-order valence-electron chi connectivity index (χ1n) is 13.8. The molecule has 2 aliphatic carbocycles. The van der Waals surface area contributed by atoms with Gasteiger partial charge in [-0.05, 0) is 77.6 Å². The number of hydrogen-bond acceptors (Lipinski definition) is 6. The largest absolute Gasteiger partial charge is 0.446 e. The first-order chi connectivity index (χ1) is 17.6. The van der Waals surface area contributed by atoms with Crippen molar-refractivity contribution in [1.82, 2.24) is 10.2 Å². The van der Waals surface area contributed by atoms with Crippen LogP contribution in [0.4, 0.5) is 4.79 Å². The summed E-state index contributed by atoms with van der Waals surface area (Å²) in [5.41, 5.74) is 5.65. The van der Waals surface area contributed by atoms with E-state index in [2.05, 4.69) is 32.7 Å². The molecular weight excluding hydrogens is 493 g/mol. The Hall–Kier alpha value is -1.70. The van der Waals surface area contributed by atoms with E-state index in [1.54, 1.807) is 0 Å². The first-order valence-corrected chi connectivity index (χ1v) is 15.0. The van der Waals surface area contributed by atoms with E-state index in [1.165, 1.54) is 24.2 Å². The molecule has 1 aliphatic heterocycles. The van der Waals surface area contributed by atoms with Crippen molar-refractivity contribution in [3.8, 4) is 0 Å². The zero-order valence-corrected chi connectivity index (χ0v) is 24.8. The van der Waals surface area contributed by atoms with Gasteiger partial charge in [-0.15, -0.1) is 6.58 Å². The van der Waals surface area contributed by atoms with Crippen molar-refractivity contribution in [2.75, 3.05) is 26.3 Å². The van der Waals surface area contributed by atoms with Crippen LogP contribution in [0.2, 0.25) is 0 Å². The Balaban J connectivity index is 0.000000491. The molecule has 0 aromatic heterocycles. The predicted octanol–water partition coefficient (Wildman–Crippen LogP) is 5.38. The third kappa shape index (κ3) is 16.7. The minimum absolute atomic E-state index is 0.182. The fourth-order valence-corrected chi connectivity index (χ4v) is 5.56. The van der Waals surface area contributed by atoms with E-state index in [9.17, 15) is 14.4 Å². The van der Waals surface area contributed by atoms with Crippen molar-refractivity contribution < 1.29 is 28.2 Å². The van der Waals surface area contributed by atoms with E-state index >= 15 is 0 Å². The van der Waals surface area contributed by atoms with E-state index < -0.39 is 14.3 Å². The molecule has 0 aromatic rings. The number of primary amides is 1. The molecule has 0 radical (unpaired) electrons. The lowest BCUT2D eigenvalue weighted by Gasteiger charge is -2.15. The van der Waals surface area contributed by atoms with Gasteiger partial charge in [0.2, 0.25) is 12.3 Å². The number of nitrogens with two attached hydrogens (primary N) is 1. The number of hydrogen-bond donors (Lipinski definition) is 2. The van der Waals surface area contributed by atoms with Crippen molar-refractivity contribution in [3.63, 3.8) is 0 Å². The van der Waals surface area contributed by atoms with E-state index in [4.69, 9.17) is 19.5 Å². The molecule has 216 valence electrons. The lowest BCUT2D eigenvalue weighted by molar-refractivity contribution is -0.128. The van der Waals surface area contributed by atoms with Crippen LogP contribution in [0.15, 0.2) is 12.7 Å². The number of allylic oxidation sites excluding steroid dienone is 1. The second-order valence-corrected chi connectivity index (χ2v) is 11.6. The van der Waals surface area contributed by atoms with Crippen molar-refractivity contribution in [1.29, 1.82) is 0 Å². The maximum Gasteiger partial charge on any atom is 0.407 e. The molecule has 3 unspecified atom stereocenters. The van der Waals surface area contributed by atoms with Gasteiger partial charge in [0.1, 0.15) is 12.1 Å². The molecule has 3 aliphatic rings. The van der Waals surface area contributed by atoms with Crippen LogP contribution in [-0.2, 0) is 23.4 Å². The normalized spacial score (nSPS) is 22.1. The van der Waals surface area contributed by atoms with Crippen molar-refractivity contribution in [3.05, 3.63) is 12.7 Å². The van der Waals surface area contributed by atoms with Crippen LogP contribution < -0.4 is 11.1 Å². The van der Waals surface area contributed by atoms with E-state index in [-0.39, 0.29) is 18.2 Å². The maximum atomic E-state index is 10.9. The standard InChI is InChI=1S/C9H17O2P.C8H15NO2.C6H10N2O2.C4H10/c1-4-8-7-9(8)12(10-5-2)11-6-3;1-2-9-8(10)11-7-5-3-4-6-7;7-6(10)5-2-1-3-8(5)4-9;1-4(2)3/h4,8-9H,1,5-7H2,2-3H3;7H,2-6H2,1H3,(H,9,10);4-5H,1-3H2,(H2,7,10);4H,1-3H3. The molecule has 1 heterocycles. The summed E-state index contributed by atoms with van der Waals surface area (Å²) in [6, 6.07) is -0.350. The molecule has 0 bridgehead atoms. The second-order valence-electron chi connectivity index (χ2n) is 9.80. The Morgan fingerprint density at radius 2 is 1.65 bits per heavy atom. The molecule has 3 rings (SSSR count). The molecule has 3 amide bonds. The number of carbonyl (C=O) groups is 3. The zero-order valence-electron chi connectivity index (χ0n) is 23.9. The summed E-state index contributed by atoms with van der Waals surface area (Å²) in [5, 5.41) is 2.61. The van der Waals surface area contributed by atoms with E-state index in [0.717, 1.165) is 38.4 Å². The van der Waals surface area contributed by atoms with Gasteiger partial charge >= 0.3 is 6.09 Å². The van der Waals surface area contributed by atoms with Gasteiger partial charge in [-0.25, -0.2) is 4.79 Å². The molecule has 3 atom stereocenters. The van der Waals surface area contributed by atoms with Crippen LogP contribution in [0.5, 0.6) is 0 Å². The van der Waals surface area contributed by atoms with Crippen LogP contribution in [0.25, 0.3) is 0 Å². The molecule has 1 saturated heterocycles. The SMILES string of the molecule is C=CC1CC1P(OCC)OCC.CC(C)C.CCNC(=O)OC1CCCC1.NC(=O)C1CCCN1C=O. The van der Waals surface area contributed by atoms with Gasteiger partial charge in [0.25, 0.3) is 0 Å². The number of ether oxygens (including phenoxy) is 1. The van der Waals surface area contributed by atoms with Crippen LogP contribution in [0.3, 0.4) is 0 Å². The molecule has 10 heteroatoms. The van der Waals surface area contributed by atoms with Crippen LogP contribution in [0, 0.1) is 11.8 Å². The van der Waals surface area contributed by atoms with Gasteiger partial charge in [-0.1, -0.05) is 26.8 Å². The highest BCUT2D eigenvalue weighted by Gasteiger charge is 2.43. The van der Waals surface area contributed by atoms with Crippen LogP contribution >= 0.6 is 8.38 Å². The smallest absolute Gasteiger partial charge is 0.407 e. The summed E-state index contributed by atoms with van der Waals surface area (Å²) >= 11 is 0. The summed E-state index contributed by atoms with van der Waals surface area (Å²) in [6.45, 7) is 19.0. The third-order valence-corrected chi connectivity index (χ3v) is 7.71. The molecule has 2 saturated carbocycles.